The average Bonchev–Trinajstić information content (AvgIpc) is 2.82. The lowest BCUT2D eigenvalue weighted by atomic mass is 10.1. The van der Waals surface area contributed by atoms with Crippen molar-refractivity contribution in [2.24, 2.45) is 0 Å². The molecule has 0 aromatic carbocycles. The maximum absolute atomic E-state index is 11.8. The monoisotopic (exact) mass is 230 g/mol. The Balaban J connectivity index is 1.91. The van der Waals surface area contributed by atoms with Gasteiger partial charge in [0.05, 0.1) is 6.26 Å². The first-order chi connectivity index (χ1) is 8.25. The molecule has 1 N–H and O–H groups in total. The van der Waals surface area contributed by atoms with Crippen molar-refractivity contribution in [1.82, 2.24) is 10.3 Å². The van der Waals surface area contributed by atoms with Crippen LogP contribution in [0, 0.1) is 0 Å². The Morgan fingerprint density at radius 2 is 2.18 bits per heavy atom. The predicted octanol–water partition coefficient (Wildman–Crippen LogP) is 2.04. The Labute approximate surface area is 99.7 Å². The van der Waals surface area contributed by atoms with Crippen molar-refractivity contribution in [3.8, 4) is 0 Å². The smallest absolute Gasteiger partial charge is 0.251 e. The maximum atomic E-state index is 11.8. The van der Waals surface area contributed by atoms with E-state index >= 15 is 0 Å². The molecule has 4 nitrogen and oxygen atoms in total. The number of carbonyl (C=O) groups is 1. The van der Waals surface area contributed by atoms with Gasteiger partial charge in [0, 0.05) is 30.4 Å². The van der Waals surface area contributed by atoms with Crippen LogP contribution in [-0.4, -0.2) is 16.9 Å². The fraction of sp³-hybridized carbons (Fsp3) is 0.231. The third-order valence-corrected chi connectivity index (χ3v) is 2.41. The molecule has 0 bridgehead atoms. The van der Waals surface area contributed by atoms with Gasteiger partial charge in [0.25, 0.3) is 5.91 Å². The summed E-state index contributed by atoms with van der Waals surface area (Å²) in [5.74, 6) is 0.777. The fourth-order valence-electron chi connectivity index (χ4n) is 1.59. The molecule has 0 saturated carbocycles. The molecule has 4 heteroatoms. The van der Waals surface area contributed by atoms with Gasteiger partial charge in [-0.25, -0.2) is 0 Å². The van der Waals surface area contributed by atoms with E-state index in [1.165, 1.54) is 0 Å². The van der Waals surface area contributed by atoms with Gasteiger partial charge in [0.2, 0.25) is 0 Å². The van der Waals surface area contributed by atoms with Gasteiger partial charge in [0.1, 0.15) is 5.76 Å². The summed E-state index contributed by atoms with van der Waals surface area (Å²) in [6.07, 6.45) is 5.52. The van der Waals surface area contributed by atoms with E-state index in [9.17, 15) is 4.79 Å². The molecule has 1 atom stereocenters. The van der Waals surface area contributed by atoms with Gasteiger partial charge >= 0.3 is 0 Å². The van der Waals surface area contributed by atoms with Crippen molar-refractivity contribution >= 4 is 5.91 Å². The summed E-state index contributed by atoms with van der Waals surface area (Å²) < 4.78 is 5.23. The molecule has 0 saturated heterocycles. The van der Waals surface area contributed by atoms with Crippen molar-refractivity contribution in [3.05, 3.63) is 54.2 Å². The van der Waals surface area contributed by atoms with Crippen LogP contribution in [0.3, 0.4) is 0 Å². The number of pyridine rings is 1. The first-order valence-electron chi connectivity index (χ1n) is 5.49. The van der Waals surface area contributed by atoms with E-state index in [4.69, 9.17) is 4.42 Å². The summed E-state index contributed by atoms with van der Waals surface area (Å²) in [5.41, 5.74) is 0.617. The number of rotatable bonds is 4. The van der Waals surface area contributed by atoms with Crippen LogP contribution in [0.5, 0.6) is 0 Å². The van der Waals surface area contributed by atoms with Gasteiger partial charge in [-0.2, -0.15) is 0 Å². The highest BCUT2D eigenvalue weighted by atomic mass is 16.3. The first-order valence-corrected chi connectivity index (χ1v) is 5.49. The molecule has 17 heavy (non-hydrogen) atoms. The van der Waals surface area contributed by atoms with Gasteiger partial charge in [-0.05, 0) is 31.2 Å². The third-order valence-electron chi connectivity index (χ3n) is 2.41. The molecule has 88 valence electrons. The van der Waals surface area contributed by atoms with Crippen LogP contribution in [0.25, 0.3) is 0 Å². The number of furan rings is 1. The van der Waals surface area contributed by atoms with E-state index in [2.05, 4.69) is 10.3 Å². The lowest BCUT2D eigenvalue weighted by Gasteiger charge is -2.12. The van der Waals surface area contributed by atoms with Gasteiger partial charge < -0.3 is 9.73 Å². The minimum absolute atomic E-state index is 0.0295. The molecule has 0 fully saturated rings. The molecule has 2 rings (SSSR count). The standard InChI is InChI=1S/C13H14N2O2/c1-10(9-12-3-2-8-17-12)15-13(16)11-4-6-14-7-5-11/h2-8,10H,9H2,1H3,(H,15,16)/t10-/m1/s1. The van der Waals surface area contributed by atoms with Crippen molar-refractivity contribution in [2.45, 2.75) is 19.4 Å². The molecule has 0 aliphatic carbocycles. The second-order valence-corrected chi connectivity index (χ2v) is 3.89. The third kappa shape index (κ3) is 3.17. The van der Waals surface area contributed by atoms with E-state index in [1.54, 1.807) is 30.8 Å². The van der Waals surface area contributed by atoms with Crippen LogP contribution in [0.2, 0.25) is 0 Å². The number of nitrogens with one attached hydrogen (secondary N) is 1. The van der Waals surface area contributed by atoms with Crippen LogP contribution in [0.15, 0.2) is 47.3 Å². The Kier molecular flexibility index (Phi) is 3.55. The topological polar surface area (TPSA) is 55.1 Å². The molecule has 0 aliphatic heterocycles. The average molecular weight is 230 g/mol. The van der Waals surface area contributed by atoms with Crippen molar-refractivity contribution < 1.29 is 9.21 Å². The summed E-state index contributed by atoms with van der Waals surface area (Å²) in [7, 11) is 0. The summed E-state index contributed by atoms with van der Waals surface area (Å²) in [6.45, 7) is 1.95. The van der Waals surface area contributed by atoms with Crippen LogP contribution in [-0.2, 0) is 6.42 Å². The molecule has 0 radical (unpaired) electrons. The summed E-state index contributed by atoms with van der Waals surface area (Å²) in [6, 6.07) is 7.15. The maximum Gasteiger partial charge on any atom is 0.251 e. The normalized spacial score (nSPS) is 12.1. The minimum atomic E-state index is -0.0912. The van der Waals surface area contributed by atoms with Crippen LogP contribution in [0.4, 0.5) is 0 Å². The van der Waals surface area contributed by atoms with Crippen molar-refractivity contribution in [2.75, 3.05) is 0 Å². The van der Waals surface area contributed by atoms with Crippen LogP contribution >= 0.6 is 0 Å². The van der Waals surface area contributed by atoms with Crippen molar-refractivity contribution in [3.63, 3.8) is 0 Å². The first kappa shape index (κ1) is 11.4. The minimum Gasteiger partial charge on any atom is -0.469 e. The molecule has 0 unspecified atom stereocenters. The second-order valence-electron chi connectivity index (χ2n) is 3.89. The second kappa shape index (κ2) is 5.30. The molecular formula is C13H14N2O2. The predicted molar refractivity (Wildman–Crippen MR) is 63.6 cm³/mol. The van der Waals surface area contributed by atoms with E-state index in [1.807, 2.05) is 19.1 Å². The summed E-state index contributed by atoms with van der Waals surface area (Å²) in [5, 5.41) is 2.91. The zero-order chi connectivity index (χ0) is 12.1. The van der Waals surface area contributed by atoms with E-state index in [0.717, 1.165) is 5.76 Å². The van der Waals surface area contributed by atoms with Gasteiger partial charge in [-0.15, -0.1) is 0 Å². The van der Waals surface area contributed by atoms with E-state index in [0.29, 0.717) is 12.0 Å². The number of hydrogen-bond acceptors (Lipinski definition) is 3. The Bertz CT molecular complexity index is 465. The zero-order valence-electron chi connectivity index (χ0n) is 9.59. The van der Waals surface area contributed by atoms with E-state index < -0.39 is 0 Å². The highest BCUT2D eigenvalue weighted by Gasteiger charge is 2.10. The number of hydrogen-bond donors (Lipinski definition) is 1. The summed E-state index contributed by atoms with van der Waals surface area (Å²) in [4.78, 5) is 15.7. The van der Waals surface area contributed by atoms with Crippen molar-refractivity contribution in [1.29, 1.82) is 0 Å². The highest BCUT2D eigenvalue weighted by Crippen LogP contribution is 2.05. The van der Waals surface area contributed by atoms with Gasteiger partial charge in [-0.1, -0.05) is 0 Å². The number of carbonyl (C=O) groups excluding carboxylic acids is 1. The molecule has 2 heterocycles. The molecule has 1 amide bonds. The molecule has 2 aromatic heterocycles. The Morgan fingerprint density at radius 1 is 1.41 bits per heavy atom. The lowest BCUT2D eigenvalue weighted by molar-refractivity contribution is 0.0939. The van der Waals surface area contributed by atoms with Crippen LogP contribution < -0.4 is 5.32 Å². The van der Waals surface area contributed by atoms with Gasteiger partial charge in [0.15, 0.2) is 0 Å². The quantitative estimate of drug-likeness (QED) is 0.874. The van der Waals surface area contributed by atoms with E-state index in [-0.39, 0.29) is 11.9 Å². The highest BCUT2D eigenvalue weighted by molar-refractivity contribution is 5.94. The number of nitrogens with zero attached hydrogens (tertiary/aromatic N) is 1. The zero-order valence-corrected chi connectivity index (χ0v) is 9.59. The largest absolute Gasteiger partial charge is 0.469 e. The Morgan fingerprint density at radius 3 is 2.82 bits per heavy atom. The fourth-order valence-corrected chi connectivity index (χ4v) is 1.59. The summed E-state index contributed by atoms with van der Waals surface area (Å²) >= 11 is 0. The molecule has 0 spiro atoms. The molecule has 2 aromatic rings. The Hall–Kier alpha value is -2.10. The molecular weight excluding hydrogens is 216 g/mol. The van der Waals surface area contributed by atoms with Gasteiger partial charge in [-0.3, -0.25) is 9.78 Å². The number of aromatic nitrogens is 1. The number of amides is 1. The van der Waals surface area contributed by atoms with Crippen LogP contribution in [0.1, 0.15) is 23.0 Å². The lowest BCUT2D eigenvalue weighted by Crippen LogP contribution is -2.33. The molecule has 0 aliphatic rings. The SMILES string of the molecule is C[C@H](Cc1ccco1)NC(=O)c1ccncc1.